The number of methoxy groups -OCH3 is 1. The highest BCUT2D eigenvalue weighted by atomic mass is 16.5. The van der Waals surface area contributed by atoms with Gasteiger partial charge >= 0.3 is 0 Å². The van der Waals surface area contributed by atoms with E-state index < -0.39 is 6.10 Å². The first kappa shape index (κ1) is 14.1. The standard InChI is InChI=1S/C14H22N2O3/c1-11(18-2)14(17)15-10-12(13-6-5-9-19-13)16-7-3-4-8-16/h5-6,9,11-12H,3-4,7-8,10H2,1-2H3,(H,15,17). The number of carbonyl (C=O) groups excluding carboxylic acids is 1. The molecule has 0 saturated carbocycles. The normalized spacial score (nSPS) is 19.3. The topological polar surface area (TPSA) is 54.7 Å². The average molecular weight is 266 g/mol. The largest absolute Gasteiger partial charge is 0.468 e. The van der Waals surface area contributed by atoms with Crippen molar-refractivity contribution in [3.63, 3.8) is 0 Å². The van der Waals surface area contributed by atoms with Crippen molar-refractivity contribution in [1.29, 1.82) is 0 Å². The van der Waals surface area contributed by atoms with Crippen LogP contribution in [-0.2, 0) is 9.53 Å². The fraction of sp³-hybridized carbons (Fsp3) is 0.643. The summed E-state index contributed by atoms with van der Waals surface area (Å²) in [6, 6.07) is 3.97. The number of carbonyl (C=O) groups is 1. The van der Waals surface area contributed by atoms with E-state index in [0.717, 1.165) is 18.8 Å². The van der Waals surface area contributed by atoms with E-state index in [9.17, 15) is 4.79 Å². The van der Waals surface area contributed by atoms with Crippen LogP contribution in [0.4, 0.5) is 0 Å². The smallest absolute Gasteiger partial charge is 0.248 e. The van der Waals surface area contributed by atoms with Crippen LogP contribution in [0.5, 0.6) is 0 Å². The van der Waals surface area contributed by atoms with E-state index in [1.54, 1.807) is 13.2 Å². The second-order valence-corrected chi connectivity index (χ2v) is 4.90. The summed E-state index contributed by atoms with van der Waals surface area (Å²) >= 11 is 0. The minimum Gasteiger partial charge on any atom is -0.468 e. The molecule has 0 radical (unpaired) electrons. The molecule has 0 aromatic carbocycles. The molecule has 1 aliphatic rings. The maximum Gasteiger partial charge on any atom is 0.248 e. The lowest BCUT2D eigenvalue weighted by Gasteiger charge is -2.26. The van der Waals surface area contributed by atoms with Gasteiger partial charge in [0.25, 0.3) is 0 Å². The summed E-state index contributed by atoms with van der Waals surface area (Å²) in [5.41, 5.74) is 0. The SMILES string of the molecule is COC(C)C(=O)NCC(c1ccco1)N1CCCC1. The quantitative estimate of drug-likeness (QED) is 0.849. The van der Waals surface area contributed by atoms with Crippen LogP contribution in [0, 0.1) is 0 Å². The Morgan fingerprint density at radius 2 is 2.26 bits per heavy atom. The third-order valence-corrected chi connectivity index (χ3v) is 3.65. The molecule has 1 fully saturated rings. The third kappa shape index (κ3) is 3.58. The van der Waals surface area contributed by atoms with Gasteiger partial charge in [0.15, 0.2) is 0 Å². The molecule has 1 aromatic rings. The number of nitrogens with zero attached hydrogens (tertiary/aromatic N) is 1. The van der Waals surface area contributed by atoms with E-state index in [0.29, 0.717) is 6.54 Å². The summed E-state index contributed by atoms with van der Waals surface area (Å²) in [6.07, 6.45) is 3.67. The molecule has 5 heteroatoms. The zero-order valence-electron chi connectivity index (χ0n) is 11.6. The summed E-state index contributed by atoms with van der Waals surface area (Å²) in [7, 11) is 1.54. The molecule has 0 bridgehead atoms. The van der Waals surface area contributed by atoms with Gasteiger partial charge in [-0.1, -0.05) is 0 Å². The predicted molar refractivity (Wildman–Crippen MR) is 71.7 cm³/mol. The van der Waals surface area contributed by atoms with Gasteiger partial charge in [-0.3, -0.25) is 9.69 Å². The summed E-state index contributed by atoms with van der Waals surface area (Å²) in [4.78, 5) is 14.1. The van der Waals surface area contributed by atoms with Gasteiger partial charge in [0, 0.05) is 13.7 Å². The molecular weight excluding hydrogens is 244 g/mol. The lowest BCUT2D eigenvalue weighted by molar-refractivity contribution is -0.130. The van der Waals surface area contributed by atoms with Crippen molar-refractivity contribution < 1.29 is 13.9 Å². The number of likely N-dealkylation sites (tertiary alicyclic amines) is 1. The van der Waals surface area contributed by atoms with Crippen LogP contribution in [0.3, 0.4) is 0 Å². The fourth-order valence-corrected chi connectivity index (χ4v) is 2.39. The van der Waals surface area contributed by atoms with Crippen LogP contribution in [0.25, 0.3) is 0 Å². The molecule has 1 aromatic heterocycles. The van der Waals surface area contributed by atoms with Crippen molar-refractivity contribution in [1.82, 2.24) is 10.2 Å². The number of nitrogens with one attached hydrogen (secondary N) is 1. The predicted octanol–water partition coefficient (Wildman–Crippen LogP) is 1.57. The van der Waals surface area contributed by atoms with Crippen molar-refractivity contribution in [2.45, 2.75) is 31.9 Å². The van der Waals surface area contributed by atoms with Gasteiger partial charge in [-0.2, -0.15) is 0 Å². The molecule has 0 aliphatic carbocycles. The van der Waals surface area contributed by atoms with Gasteiger partial charge in [-0.05, 0) is 45.0 Å². The number of ether oxygens (including phenoxy) is 1. The van der Waals surface area contributed by atoms with Gasteiger partial charge in [-0.25, -0.2) is 0 Å². The Labute approximate surface area is 113 Å². The van der Waals surface area contributed by atoms with E-state index in [4.69, 9.17) is 9.15 Å². The second kappa shape index (κ2) is 6.73. The Hall–Kier alpha value is -1.33. The van der Waals surface area contributed by atoms with Crippen LogP contribution in [0.2, 0.25) is 0 Å². The average Bonchev–Trinajstić information content (AvgIpc) is 3.11. The minimum absolute atomic E-state index is 0.0850. The van der Waals surface area contributed by atoms with E-state index in [1.165, 1.54) is 20.0 Å². The van der Waals surface area contributed by atoms with Crippen molar-refractivity contribution in [3.05, 3.63) is 24.2 Å². The van der Waals surface area contributed by atoms with Crippen LogP contribution < -0.4 is 5.32 Å². The molecule has 2 heterocycles. The summed E-state index contributed by atoms with van der Waals surface area (Å²) in [6.45, 7) is 4.41. The highest BCUT2D eigenvalue weighted by Gasteiger charge is 2.26. The van der Waals surface area contributed by atoms with E-state index >= 15 is 0 Å². The highest BCUT2D eigenvalue weighted by molar-refractivity contribution is 5.80. The van der Waals surface area contributed by atoms with Crippen LogP contribution in [0.15, 0.2) is 22.8 Å². The first-order valence-corrected chi connectivity index (χ1v) is 6.80. The Morgan fingerprint density at radius 3 is 2.84 bits per heavy atom. The number of amides is 1. The zero-order valence-corrected chi connectivity index (χ0v) is 11.6. The molecule has 2 atom stereocenters. The first-order valence-electron chi connectivity index (χ1n) is 6.80. The van der Waals surface area contributed by atoms with Gasteiger partial charge in [-0.15, -0.1) is 0 Å². The summed E-state index contributed by atoms with van der Waals surface area (Å²) < 4.78 is 10.5. The van der Waals surface area contributed by atoms with E-state index in [-0.39, 0.29) is 11.9 Å². The van der Waals surface area contributed by atoms with Crippen molar-refractivity contribution in [3.8, 4) is 0 Å². The first-order chi connectivity index (χ1) is 9.22. The fourth-order valence-electron chi connectivity index (χ4n) is 2.39. The molecule has 106 valence electrons. The number of rotatable bonds is 6. The lowest BCUT2D eigenvalue weighted by Crippen LogP contribution is -2.40. The highest BCUT2D eigenvalue weighted by Crippen LogP contribution is 2.24. The van der Waals surface area contributed by atoms with Crippen molar-refractivity contribution >= 4 is 5.91 Å². The zero-order chi connectivity index (χ0) is 13.7. The maximum atomic E-state index is 11.8. The van der Waals surface area contributed by atoms with Gasteiger partial charge in [0.05, 0.1) is 12.3 Å². The number of hydrogen-bond donors (Lipinski definition) is 1. The summed E-state index contributed by atoms with van der Waals surface area (Å²) in [5.74, 6) is 0.825. The molecule has 2 rings (SSSR count). The molecule has 5 nitrogen and oxygen atoms in total. The Morgan fingerprint density at radius 1 is 1.53 bits per heavy atom. The van der Waals surface area contributed by atoms with E-state index in [1.807, 2.05) is 12.1 Å². The Bertz CT molecular complexity index is 385. The second-order valence-electron chi connectivity index (χ2n) is 4.90. The Balaban J connectivity index is 1.96. The Kier molecular flexibility index (Phi) is 4.99. The molecule has 1 amide bonds. The molecule has 0 spiro atoms. The number of furan rings is 1. The van der Waals surface area contributed by atoms with E-state index in [2.05, 4.69) is 10.2 Å². The van der Waals surface area contributed by atoms with Gasteiger partial charge < -0.3 is 14.5 Å². The monoisotopic (exact) mass is 266 g/mol. The molecule has 1 N–H and O–H groups in total. The van der Waals surface area contributed by atoms with Crippen LogP contribution in [-0.4, -0.2) is 43.7 Å². The van der Waals surface area contributed by atoms with Gasteiger partial charge in [0.1, 0.15) is 11.9 Å². The van der Waals surface area contributed by atoms with Crippen molar-refractivity contribution in [2.75, 3.05) is 26.7 Å². The molecule has 1 saturated heterocycles. The number of hydrogen-bond acceptors (Lipinski definition) is 4. The van der Waals surface area contributed by atoms with Crippen LogP contribution in [0.1, 0.15) is 31.6 Å². The molecular formula is C14H22N2O3. The molecule has 19 heavy (non-hydrogen) atoms. The minimum atomic E-state index is -0.421. The third-order valence-electron chi connectivity index (χ3n) is 3.65. The van der Waals surface area contributed by atoms with Crippen LogP contribution >= 0.6 is 0 Å². The van der Waals surface area contributed by atoms with Crippen molar-refractivity contribution in [2.24, 2.45) is 0 Å². The summed E-state index contributed by atoms with van der Waals surface area (Å²) in [5, 5.41) is 2.93. The van der Waals surface area contributed by atoms with Gasteiger partial charge in [0.2, 0.25) is 5.91 Å². The molecule has 1 aliphatic heterocycles. The maximum absolute atomic E-state index is 11.8. The lowest BCUT2D eigenvalue weighted by atomic mass is 10.2. The molecule has 2 unspecified atom stereocenters.